The van der Waals surface area contributed by atoms with Crippen molar-refractivity contribution in [2.75, 3.05) is 6.54 Å². The molecule has 3 unspecified atom stereocenters. The van der Waals surface area contributed by atoms with Crippen molar-refractivity contribution in [3.8, 4) is 0 Å². The third-order valence-corrected chi connectivity index (χ3v) is 2.35. The first-order valence-corrected chi connectivity index (χ1v) is 5.14. The highest BCUT2D eigenvalue weighted by Crippen LogP contribution is 1.99. The van der Waals surface area contributed by atoms with Crippen molar-refractivity contribution in [2.45, 2.75) is 31.5 Å². The Morgan fingerprint density at radius 3 is 2.59 bits per heavy atom. The zero-order chi connectivity index (χ0) is 13.0. The van der Waals surface area contributed by atoms with Gasteiger partial charge in [-0.25, -0.2) is 9.59 Å². The summed E-state index contributed by atoms with van der Waals surface area (Å²) in [7, 11) is 0. The summed E-state index contributed by atoms with van der Waals surface area (Å²) in [5, 5.41) is 25.0. The normalized spacial score (nSPS) is 22.5. The summed E-state index contributed by atoms with van der Waals surface area (Å²) in [6.45, 7) is 1.58. The van der Waals surface area contributed by atoms with Crippen molar-refractivity contribution in [2.24, 2.45) is 0 Å². The predicted molar refractivity (Wildman–Crippen MR) is 56.2 cm³/mol. The molecule has 0 saturated carbocycles. The van der Waals surface area contributed by atoms with Gasteiger partial charge in [0.1, 0.15) is 0 Å². The molecular formula is C9H15N3O5. The topological polar surface area (TPSA) is 128 Å². The number of aliphatic carboxylic acids is 1. The van der Waals surface area contributed by atoms with Gasteiger partial charge < -0.3 is 26.2 Å². The number of rotatable bonds is 4. The highest BCUT2D eigenvalue weighted by molar-refractivity contribution is 5.84. The molecule has 0 aromatic carbocycles. The molecule has 1 rings (SSSR count). The number of carbonyl (C=O) groups is 3. The van der Waals surface area contributed by atoms with Crippen LogP contribution in [0.4, 0.5) is 4.79 Å². The van der Waals surface area contributed by atoms with E-state index in [0.717, 1.165) is 0 Å². The number of hydrogen-bond acceptors (Lipinski definition) is 4. The Morgan fingerprint density at radius 1 is 1.53 bits per heavy atom. The lowest BCUT2D eigenvalue weighted by molar-refractivity contribution is -0.141. The molecule has 0 aliphatic carbocycles. The standard InChI is InChI=1S/C9H15N3O5/c1-4(13)7(8(15)16)12-9(17)11-5-2-6(14)10-3-5/h4-5,7,13H,2-3H2,1H3,(H,10,14)(H,15,16)(H2,11,12,17). The fraction of sp³-hybridized carbons (Fsp3) is 0.667. The Balaban J connectivity index is 2.42. The van der Waals surface area contributed by atoms with Crippen LogP contribution in [0.3, 0.4) is 0 Å². The third kappa shape index (κ3) is 3.91. The predicted octanol–water partition coefficient (Wildman–Crippen LogP) is -1.99. The Hall–Kier alpha value is -1.83. The van der Waals surface area contributed by atoms with Crippen molar-refractivity contribution >= 4 is 17.9 Å². The molecule has 3 amide bonds. The summed E-state index contributed by atoms with van der Waals surface area (Å²) in [6, 6.07) is -2.45. The van der Waals surface area contributed by atoms with Gasteiger partial charge in [-0.3, -0.25) is 4.79 Å². The van der Waals surface area contributed by atoms with E-state index in [2.05, 4.69) is 16.0 Å². The number of carboxylic acid groups (broad SMARTS) is 1. The monoisotopic (exact) mass is 245 g/mol. The third-order valence-electron chi connectivity index (χ3n) is 2.35. The van der Waals surface area contributed by atoms with Crippen LogP contribution in [0.25, 0.3) is 0 Å². The van der Waals surface area contributed by atoms with Crippen LogP contribution < -0.4 is 16.0 Å². The fourth-order valence-corrected chi connectivity index (χ4v) is 1.46. The van der Waals surface area contributed by atoms with Crippen molar-refractivity contribution < 1.29 is 24.6 Å². The molecule has 0 radical (unpaired) electrons. The van der Waals surface area contributed by atoms with E-state index in [9.17, 15) is 14.4 Å². The summed E-state index contributed by atoms with van der Waals surface area (Å²) in [5.41, 5.74) is 0. The van der Waals surface area contributed by atoms with Crippen molar-refractivity contribution in [3.05, 3.63) is 0 Å². The molecule has 1 aliphatic heterocycles. The molecule has 17 heavy (non-hydrogen) atoms. The lowest BCUT2D eigenvalue weighted by Crippen LogP contribution is -2.53. The fourth-order valence-electron chi connectivity index (χ4n) is 1.46. The maximum atomic E-state index is 11.4. The lowest BCUT2D eigenvalue weighted by Gasteiger charge is -2.18. The van der Waals surface area contributed by atoms with Gasteiger partial charge >= 0.3 is 12.0 Å². The smallest absolute Gasteiger partial charge is 0.328 e. The minimum absolute atomic E-state index is 0.166. The van der Waals surface area contributed by atoms with Gasteiger partial charge in [-0.05, 0) is 6.92 Å². The van der Waals surface area contributed by atoms with Crippen LogP contribution in [-0.4, -0.2) is 52.9 Å². The van der Waals surface area contributed by atoms with E-state index in [4.69, 9.17) is 10.2 Å². The number of aliphatic hydroxyl groups is 1. The van der Waals surface area contributed by atoms with Crippen LogP contribution in [-0.2, 0) is 9.59 Å². The SMILES string of the molecule is CC(O)C(NC(=O)NC1CNC(=O)C1)C(=O)O. The maximum Gasteiger partial charge on any atom is 0.328 e. The molecule has 1 fully saturated rings. The van der Waals surface area contributed by atoms with Gasteiger partial charge in [0.05, 0.1) is 12.1 Å². The Kier molecular flexibility index (Phi) is 4.27. The zero-order valence-corrected chi connectivity index (χ0v) is 9.27. The van der Waals surface area contributed by atoms with Crippen LogP contribution >= 0.6 is 0 Å². The number of urea groups is 1. The molecule has 0 aromatic rings. The van der Waals surface area contributed by atoms with Gasteiger partial charge in [-0.15, -0.1) is 0 Å². The van der Waals surface area contributed by atoms with Crippen LogP contribution in [0.5, 0.6) is 0 Å². The maximum absolute atomic E-state index is 11.4. The van der Waals surface area contributed by atoms with Crippen molar-refractivity contribution in [1.29, 1.82) is 0 Å². The quantitative estimate of drug-likeness (QED) is 0.391. The molecule has 1 saturated heterocycles. The minimum Gasteiger partial charge on any atom is -0.480 e. The molecule has 0 aromatic heterocycles. The number of aliphatic hydroxyl groups excluding tert-OH is 1. The zero-order valence-electron chi connectivity index (χ0n) is 9.27. The highest BCUT2D eigenvalue weighted by Gasteiger charge is 2.27. The average Bonchev–Trinajstić information content (AvgIpc) is 2.59. The van der Waals surface area contributed by atoms with Gasteiger partial charge in [0.2, 0.25) is 5.91 Å². The molecule has 5 N–H and O–H groups in total. The van der Waals surface area contributed by atoms with E-state index in [-0.39, 0.29) is 18.4 Å². The van der Waals surface area contributed by atoms with Crippen molar-refractivity contribution in [3.63, 3.8) is 0 Å². The summed E-state index contributed by atoms with van der Waals surface area (Å²) in [6.07, 6.45) is -1.04. The molecule has 8 nitrogen and oxygen atoms in total. The van der Waals surface area contributed by atoms with Crippen LogP contribution in [0, 0.1) is 0 Å². The molecule has 8 heteroatoms. The number of carbonyl (C=O) groups excluding carboxylic acids is 2. The average molecular weight is 245 g/mol. The second-order valence-electron chi connectivity index (χ2n) is 3.88. The lowest BCUT2D eigenvalue weighted by atomic mass is 10.2. The number of carboxylic acids is 1. The molecule has 0 spiro atoms. The molecule has 0 bridgehead atoms. The van der Waals surface area contributed by atoms with Crippen LogP contribution in [0.1, 0.15) is 13.3 Å². The summed E-state index contributed by atoms with van der Waals surface area (Å²) < 4.78 is 0. The van der Waals surface area contributed by atoms with E-state index < -0.39 is 24.1 Å². The number of hydrogen-bond donors (Lipinski definition) is 5. The first-order chi connectivity index (χ1) is 7.90. The largest absolute Gasteiger partial charge is 0.480 e. The molecule has 1 aliphatic rings. The number of nitrogens with one attached hydrogen (secondary N) is 3. The Labute approximate surface area is 97.4 Å². The minimum atomic E-state index is -1.37. The van der Waals surface area contributed by atoms with E-state index in [1.165, 1.54) is 6.92 Å². The Morgan fingerprint density at radius 2 is 2.18 bits per heavy atom. The first-order valence-electron chi connectivity index (χ1n) is 5.14. The second-order valence-corrected chi connectivity index (χ2v) is 3.88. The second kappa shape index (κ2) is 5.48. The van der Waals surface area contributed by atoms with E-state index in [1.54, 1.807) is 0 Å². The van der Waals surface area contributed by atoms with E-state index in [0.29, 0.717) is 6.54 Å². The van der Waals surface area contributed by atoms with E-state index >= 15 is 0 Å². The van der Waals surface area contributed by atoms with Gasteiger partial charge in [0, 0.05) is 13.0 Å². The summed E-state index contributed by atoms with van der Waals surface area (Å²) in [5.74, 6) is -1.49. The van der Waals surface area contributed by atoms with E-state index in [1.807, 2.05) is 0 Å². The van der Waals surface area contributed by atoms with Gasteiger partial charge in [-0.2, -0.15) is 0 Å². The Bertz CT molecular complexity index is 331. The van der Waals surface area contributed by atoms with Crippen LogP contribution in [0.15, 0.2) is 0 Å². The molecule has 1 heterocycles. The van der Waals surface area contributed by atoms with Gasteiger partial charge in [0.25, 0.3) is 0 Å². The first kappa shape index (κ1) is 13.2. The van der Waals surface area contributed by atoms with Crippen LogP contribution in [0.2, 0.25) is 0 Å². The van der Waals surface area contributed by atoms with Gasteiger partial charge in [-0.1, -0.05) is 0 Å². The number of amides is 3. The van der Waals surface area contributed by atoms with Crippen molar-refractivity contribution in [1.82, 2.24) is 16.0 Å². The highest BCUT2D eigenvalue weighted by atomic mass is 16.4. The molecular weight excluding hydrogens is 230 g/mol. The molecule has 3 atom stereocenters. The van der Waals surface area contributed by atoms with Gasteiger partial charge in [0.15, 0.2) is 6.04 Å². The molecule has 96 valence electrons. The summed E-state index contributed by atoms with van der Waals surface area (Å²) >= 11 is 0. The summed E-state index contributed by atoms with van der Waals surface area (Å²) in [4.78, 5) is 32.9.